The Hall–Kier alpha value is -0.130. The standard InChI is InChI=1S/C13H29NO3S/c1-11(2,3)14-10-13(7,15)8-9-18(16,17)12(4,5)6/h14-15H,8-10H2,1-7H3. The van der Waals surface area contributed by atoms with E-state index < -0.39 is 20.2 Å². The van der Waals surface area contributed by atoms with E-state index in [0.717, 1.165) is 0 Å². The fourth-order valence-corrected chi connectivity index (χ4v) is 2.53. The quantitative estimate of drug-likeness (QED) is 0.804. The molecule has 0 aromatic rings. The maximum Gasteiger partial charge on any atom is 0.155 e. The van der Waals surface area contributed by atoms with Crippen molar-refractivity contribution in [3.63, 3.8) is 0 Å². The molecule has 0 aliphatic rings. The second-order valence-corrected chi connectivity index (χ2v) is 10.1. The van der Waals surface area contributed by atoms with Crippen LogP contribution in [0, 0.1) is 0 Å². The van der Waals surface area contributed by atoms with Gasteiger partial charge in [-0.05, 0) is 54.9 Å². The van der Waals surface area contributed by atoms with Gasteiger partial charge in [-0.3, -0.25) is 0 Å². The number of β-amino-alcohol motifs (C(OH)–C–C–N with tert-alkyl or cyclic N) is 1. The molecule has 5 heteroatoms. The third-order valence-corrected chi connectivity index (χ3v) is 5.45. The van der Waals surface area contributed by atoms with E-state index in [4.69, 9.17) is 0 Å². The first kappa shape index (κ1) is 17.9. The first-order chi connectivity index (χ1) is 7.66. The van der Waals surface area contributed by atoms with Crippen molar-refractivity contribution in [1.82, 2.24) is 5.32 Å². The van der Waals surface area contributed by atoms with Crippen molar-refractivity contribution in [2.75, 3.05) is 12.3 Å². The predicted octanol–water partition coefficient (Wildman–Crippen LogP) is 1.73. The molecule has 4 nitrogen and oxygen atoms in total. The fraction of sp³-hybridized carbons (Fsp3) is 1.00. The van der Waals surface area contributed by atoms with Crippen LogP contribution in [0.5, 0.6) is 0 Å². The highest BCUT2D eigenvalue weighted by Gasteiger charge is 2.32. The smallest absolute Gasteiger partial charge is 0.155 e. The lowest BCUT2D eigenvalue weighted by molar-refractivity contribution is 0.0500. The number of nitrogens with one attached hydrogen (secondary N) is 1. The molecule has 1 atom stereocenters. The molecule has 18 heavy (non-hydrogen) atoms. The summed E-state index contributed by atoms with van der Waals surface area (Å²) in [5, 5.41) is 13.4. The minimum atomic E-state index is -3.17. The molecule has 2 N–H and O–H groups in total. The Kier molecular flexibility index (Phi) is 5.43. The van der Waals surface area contributed by atoms with Gasteiger partial charge in [-0.1, -0.05) is 0 Å². The highest BCUT2D eigenvalue weighted by molar-refractivity contribution is 7.92. The summed E-state index contributed by atoms with van der Waals surface area (Å²) in [4.78, 5) is 0. The lowest BCUT2D eigenvalue weighted by atomic mass is 10.0. The zero-order chi connectivity index (χ0) is 14.8. The van der Waals surface area contributed by atoms with Crippen molar-refractivity contribution < 1.29 is 13.5 Å². The van der Waals surface area contributed by atoms with Gasteiger partial charge in [0, 0.05) is 12.1 Å². The van der Waals surface area contributed by atoms with Crippen LogP contribution in [-0.4, -0.2) is 41.7 Å². The first-order valence-corrected chi connectivity index (χ1v) is 8.01. The molecule has 0 spiro atoms. The van der Waals surface area contributed by atoms with Crippen LogP contribution in [-0.2, 0) is 9.84 Å². The molecule has 0 saturated heterocycles. The number of rotatable bonds is 5. The van der Waals surface area contributed by atoms with Gasteiger partial charge in [0.15, 0.2) is 9.84 Å². The topological polar surface area (TPSA) is 66.4 Å². The van der Waals surface area contributed by atoms with E-state index in [-0.39, 0.29) is 17.7 Å². The fourth-order valence-electron chi connectivity index (χ4n) is 1.20. The van der Waals surface area contributed by atoms with Gasteiger partial charge in [0.1, 0.15) is 0 Å². The van der Waals surface area contributed by atoms with E-state index in [0.29, 0.717) is 6.54 Å². The molecule has 0 fully saturated rings. The number of aliphatic hydroxyl groups is 1. The Morgan fingerprint density at radius 3 is 1.78 bits per heavy atom. The van der Waals surface area contributed by atoms with Gasteiger partial charge in [-0.25, -0.2) is 8.42 Å². The van der Waals surface area contributed by atoms with Crippen molar-refractivity contribution in [3.8, 4) is 0 Å². The zero-order valence-corrected chi connectivity index (χ0v) is 13.6. The van der Waals surface area contributed by atoms with E-state index in [9.17, 15) is 13.5 Å². The van der Waals surface area contributed by atoms with Crippen molar-refractivity contribution in [2.24, 2.45) is 0 Å². The van der Waals surface area contributed by atoms with Crippen molar-refractivity contribution >= 4 is 9.84 Å². The number of hydrogen-bond donors (Lipinski definition) is 2. The largest absolute Gasteiger partial charge is 0.389 e. The maximum atomic E-state index is 12.0. The Labute approximate surface area is 112 Å². The van der Waals surface area contributed by atoms with Crippen LogP contribution in [0.15, 0.2) is 0 Å². The van der Waals surface area contributed by atoms with Crippen LogP contribution in [0.3, 0.4) is 0 Å². The average molecular weight is 279 g/mol. The summed E-state index contributed by atoms with van der Waals surface area (Å²) < 4.78 is 23.2. The highest BCUT2D eigenvalue weighted by Crippen LogP contribution is 2.20. The average Bonchev–Trinajstić information content (AvgIpc) is 2.10. The van der Waals surface area contributed by atoms with Crippen molar-refractivity contribution in [1.29, 1.82) is 0 Å². The van der Waals surface area contributed by atoms with E-state index in [2.05, 4.69) is 5.32 Å². The summed E-state index contributed by atoms with van der Waals surface area (Å²) in [5.41, 5.74) is -1.10. The van der Waals surface area contributed by atoms with Crippen molar-refractivity contribution in [3.05, 3.63) is 0 Å². The van der Waals surface area contributed by atoms with Gasteiger partial charge in [0.25, 0.3) is 0 Å². The number of sulfone groups is 1. The molecule has 1 unspecified atom stereocenters. The Morgan fingerprint density at radius 2 is 1.44 bits per heavy atom. The van der Waals surface area contributed by atoms with Crippen molar-refractivity contribution in [2.45, 2.75) is 70.8 Å². The highest BCUT2D eigenvalue weighted by atomic mass is 32.2. The summed E-state index contributed by atoms with van der Waals surface area (Å²) in [6, 6.07) is 0. The van der Waals surface area contributed by atoms with Gasteiger partial charge >= 0.3 is 0 Å². The second kappa shape index (κ2) is 5.47. The maximum absolute atomic E-state index is 12.0. The lowest BCUT2D eigenvalue weighted by Gasteiger charge is -2.30. The Balaban J connectivity index is 4.45. The van der Waals surface area contributed by atoms with Crippen LogP contribution in [0.2, 0.25) is 0 Å². The first-order valence-electron chi connectivity index (χ1n) is 6.36. The third-order valence-electron chi connectivity index (χ3n) is 2.84. The monoisotopic (exact) mass is 279 g/mol. The molecule has 0 aromatic heterocycles. The molecular formula is C13H29NO3S. The van der Waals surface area contributed by atoms with Crippen LogP contribution in [0.4, 0.5) is 0 Å². The molecule has 0 saturated carbocycles. The third kappa shape index (κ3) is 6.71. The summed E-state index contributed by atoms with van der Waals surface area (Å²) in [5.74, 6) is 0.00925. The van der Waals surface area contributed by atoms with Gasteiger partial charge in [-0.2, -0.15) is 0 Å². The van der Waals surface area contributed by atoms with Gasteiger partial charge in [-0.15, -0.1) is 0 Å². The van der Waals surface area contributed by atoms with E-state index in [1.54, 1.807) is 27.7 Å². The van der Waals surface area contributed by atoms with Gasteiger partial charge < -0.3 is 10.4 Å². The SMILES string of the molecule is CC(O)(CCS(=O)(=O)C(C)(C)C)CNC(C)(C)C. The lowest BCUT2D eigenvalue weighted by Crippen LogP contribution is -2.47. The molecule has 0 heterocycles. The minimum Gasteiger partial charge on any atom is -0.389 e. The summed E-state index contributed by atoms with van der Waals surface area (Å²) in [6.07, 6.45) is 0.246. The summed E-state index contributed by atoms with van der Waals surface area (Å²) in [7, 11) is -3.17. The molecule has 0 aromatic carbocycles. The van der Waals surface area contributed by atoms with Crippen LogP contribution in [0.25, 0.3) is 0 Å². The Bertz CT molecular complexity index is 359. The molecule has 0 bridgehead atoms. The minimum absolute atomic E-state index is 0.00925. The van der Waals surface area contributed by atoms with Crippen LogP contribution < -0.4 is 5.32 Å². The van der Waals surface area contributed by atoms with E-state index >= 15 is 0 Å². The van der Waals surface area contributed by atoms with E-state index in [1.807, 2.05) is 20.8 Å². The zero-order valence-electron chi connectivity index (χ0n) is 12.8. The van der Waals surface area contributed by atoms with Gasteiger partial charge in [0.2, 0.25) is 0 Å². The molecule has 0 aliphatic heterocycles. The molecule has 0 rings (SSSR count). The summed E-state index contributed by atoms with van der Waals surface area (Å²) in [6.45, 7) is 13.1. The molecular weight excluding hydrogens is 250 g/mol. The molecule has 0 aliphatic carbocycles. The van der Waals surface area contributed by atoms with Gasteiger partial charge in [0.05, 0.1) is 16.1 Å². The Morgan fingerprint density at radius 1 is 1.00 bits per heavy atom. The molecule has 0 radical (unpaired) electrons. The number of hydrogen-bond acceptors (Lipinski definition) is 4. The predicted molar refractivity (Wildman–Crippen MR) is 76.5 cm³/mol. The van der Waals surface area contributed by atoms with Crippen LogP contribution >= 0.6 is 0 Å². The van der Waals surface area contributed by atoms with Crippen LogP contribution in [0.1, 0.15) is 54.9 Å². The second-order valence-electron chi connectivity index (χ2n) is 7.28. The summed E-state index contributed by atoms with van der Waals surface area (Å²) >= 11 is 0. The normalized spacial score (nSPS) is 17.6. The van der Waals surface area contributed by atoms with E-state index in [1.165, 1.54) is 0 Å². The molecule has 0 amide bonds. The molecule has 110 valence electrons.